The lowest BCUT2D eigenvalue weighted by atomic mass is 10.1. The number of methoxy groups -OCH3 is 1. The van der Waals surface area contributed by atoms with Crippen LogP contribution in [0.15, 0.2) is 46.9 Å². The summed E-state index contributed by atoms with van der Waals surface area (Å²) < 4.78 is 6.17. The van der Waals surface area contributed by atoms with Gasteiger partial charge in [0.2, 0.25) is 0 Å². The number of aromatic hydroxyl groups is 1. The molecule has 0 saturated heterocycles. The highest BCUT2D eigenvalue weighted by atomic mass is 79.9. The summed E-state index contributed by atoms with van der Waals surface area (Å²) in [4.78, 5) is 0. The average Bonchev–Trinajstić information content (AvgIpc) is 2.42. The van der Waals surface area contributed by atoms with Gasteiger partial charge in [-0.3, -0.25) is 0 Å². The minimum absolute atomic E-state index is 0.121. The van der Waals surface area contributed by atoms with Crippen molar-refractivity contribution in [3.8, 4) is 11.5 Å². The molecule has 2 aromatic carbocycles. The molecule has 2 aromatic rings. The summed E-state index contributed by atoms with van der Waals surface area (Å²) in [6.45, 7) is 2.06. The summed E-state index contributed by atoms with van der Waals surface area (Å²) in [7, 11) is 1.55. The van der Waals surface area contributed by atoms with Crippen LogP contribution >= 0.6 is 15.9 Å². The number of anilines is 1. The Kier molecular flexibility index (Phi) is 4.32. The zero-order valence-corrected chi connectivity index (χ0v) is 12.4. The first-order valence-corrected chi connectivity index (χ1v) is 6.78. The van der Waals surface area contributed by atoms with E-state index in [1.807, 2.05) is 36.4 Å². The van der Waals surface area contributed by atoms with E-state index in [9.17, 15) is 5.11 Å². The third kappa shape index (κ3) is 3.41. The van der Waals surface area contributed by atoms with Gasteiger partial charge in [-0.25, -0.2) is 0 Å². The fourth-order valence-electron chi connectivity index (χ4n) is 1.84. The SMILES string of the molecule is COc1cc(C(C)Nc2ccc(Br)cc2)ccc1O. The zero-order chi connectivity index (χ0) is 13.8. The Balaban J connectivity index is 2.15. The Bertz CT molecular complexity index is 555. The van der Waals surface area contributed by atoms with Crippen LogP contribution in [0.5, 0.6) is 11.5 Å². The van der Waals surface area contributed by atoms with Crippen LogP contribution in [0.25, 0.3) is 0 Å². The molecule has 4 heteroatoms. The van der Waals surface area contributed by atoms with Gasteiger partial charge in [0, 0.05) is 16.2 Å². The molecular formula is C15H16BrNO2. The molecule has 0 bridgehead atoms. The van der Waals surface area contributed by atoms with Crippen molar-refractivity contribution < 1.29 is 9.84 Å². The number of rotatable bonds is 4. The normalized spacial score (nSPS) is 11.9. The van der Waals surface area contributed by atoms with Gasteiger partial charge in [-0.05, 0) is 48.9 Å². The maximum atomic E-state index is 9.59. The van der Waals surface area contributed by atoms with E-state index in [4.69, 9.17) is 4.74 Å². The average molecular weight is 322 g/mol. The first kappa shape index (κ1) is 13.7. The van der Waals surface area contributed by atoms with Gasteiger partial charge in [0.25, 0.3) is 0 Å². The Morgan fingerprint density at radius 3 is 2.47 bits per heavy atom. The smallest absolute Gasteiger partial charge is 0.160 e. The van der Waals surface area contributed by atoms with Gasteiger partial charge in [-0.1, -0.05) is 22.0 Å². The lowest BCUT2D eigenvalue weighted by molar-refractivity contribution is 0.373. The summed E-state index contributed by atoms with van der Waals surface area (Å²) in [5, 5.41) is 13.0. The molecule has 3 nitrogen and oxygen atoms in total. The van der Waals surface area contributed by atoms with E-state index in [0.717, 1.165) is 15.7 Å². The summed E-state index contributed by atoms with van der Waals surface area (Å²) >= 11 is 3.41. The van der Waals surface area contributed by atoms with Crippen molar-refractivity contribution in [2.45, 2.75) is 13.0 Å². The first-order valence-electron chi connectivity index (χ1n) is 5.99. The zero-order valence-electron chi connectivity index (χ0n) is 10.9. The molecule has 2 rings (SSSR count). The quantitative estimate of drug-likeness (QED) is 0.880. The monoisotopic (exact) mass is 321 g/mol. The van der Waals surface area contributed by atoms with Gasteiger partial charge in [-0.2, -0.15) is 0 Å². The van der Waals surface area contributed by atoms with E-state index >= 15 is 0 Å². The minimum Gasteiger partial charge on any atom is -0.504 e. The van der Waals surface area contributed by atoms with E-state index < -0.39 is 0 Å². The molecule has 1 unspecified atom stereocenters. The van der Waals surface area contributed by atoms with Crippen molar-refractivity contribution in [1.82, 2.24) is 0 Å². The number of phenols is 1. The fraction of sp³-hybridized carbons (Fsp3) is 0.200. The van der Waals surface area contributed by atoms with Gasteiger partial charge in [-0.15, -0.1) is 0 Å². The van der Waals surface area contributed by atoms with Gasteiger partial charge in [0.15, 0.2) is 11.5 Å². The second-order valence-corrected chi connectivity index (χ2v) is 5.22. The largest absolute Gasteiger partial charge is 0.504 e. The molecule has 0 aromatic heterocycles. The molecule has 0 radical (unpaired) electrons. The molecule has 0 amide bonds. The van der Waals surface area contributed by atoms with Crippen molar-refractivity contribution in [3.05, 3.63) is 52.5 Å². The fourth-order valence-corrected chi connectivity index (χ4v) is 2.11. The summed E-state index contributed by atoms with van der Waals surface area (Å²) in [6, 6.07) is 13.5. The molecule has 0 aliphatic heterocycles. The second kappa shape index (κ2) is 5.97. The Morgan fingerprint density at radius 2 is 1.84 bits per heavy atom. The van der Waals surface area contributed by atoms with Crippen LogP contribution in [0.3, 0.4) is 0 Å². The van der Waals surface area contributed by atoms with Crippen LogP contribution in [-0.2, 0) is 0 Å². The number of halogens is 1. The molecule has 0 saturated carbocycles. The Morgan fingerprint density at radius 1 is 1.16 bits per heavy atom. The number of hydrogen-bond acceptors (Lipinski definition) is 3. The highest BCUT2D eigenvalue weighted by Crippen LogP contribution is 2.30. The maximum absolute atomic E-state index is 9.59. The molecule has 100 valence electrons. The van der Waals surface area contributed by atoms with E-state index in [0.29, 0.717) is 5.75 Å². The van der Waals surface area contributed by atoms with Crippen molar-refractivity contribution in [2.75, 3.05) is 12.4 Å². The topological polar surface area (TPSA) is 41.5 Å². The molecule has 0 fully saturated rings. The third-order valence-electron chi connectivity index (χ3n) is 2.93. The van der Waals surface area contributed by atoms with Gasteiger partial charge in [0.1, 0.15) is 0 Å². The number of phenolic OH excluding ortho intramolecular Hbond substituents is 1. The summed E-state index contributed by atoms with van der Waals surface area (Å²) in [6.07, 6.45) is 0. The molecule has 19 heavy (non-hydrogen) atoms. The molecule has 2 N–H and O–H groups in total. The molecule has 0 spiro atoms. The molecule has 1 atom stereocenters. The van der Waals surface area contributed by atoms with Gasteiger partial charge >= 0.3 is 0 Å². The number of hydrogen-bond donors (Lipinski definition) is 2. The maximum Gasteiger partial charge on any atom is 0.160 e. The number of ether oxygens (including phenoxy) is 1. The molecule has 0 aliphatic rings. The molecule has 0 aliphatic carbocycles. The standard InChI is InChI=1S/C15H16BrNO2/c1-10(17-13-6-4-12(16)5-7-13)11-3-8-14(18)15(9-11)19-2/h3-10,17-18H,1-2H3. The molecular weight excluding hydrogens is 306 g/mol. The number of benzene rings is 2. The van der Waals surface area contributed by atoms with Crippen LogP contribution in [0, 0.1) is 0 Å². The van der Waals surface area contributed by atoms with Crippen LogP contribution < -0.4 is 10.1 Å². The van der Waals surface area contributed by atoms with Crippen LogP contribution in [0.1, 0.15) is 18.5 Å². The lowest BCUT2D eigenvalue weighted by Gasteiger charge is -2.17. The predicted molar refractivity (Wildman–Crippen MR) is 80.8 cm³/mol. The van der Waals surface area contributed by atoms with Crippen LogP contribution in [0.4, 0.5) is 5.69 Å². The summed E-state index contributed by atoms with van der Waals surface area (Å²) in [5.74, 6) is 0.643. The van der Waals surface area contributed by atoms with E-state index in [-0.39, 0.29) is 11.8 Å². The second-order valence-electron chi connectivity index (χ2n) is 4.30. The predicted octanol–water partition coefficient (Wildman–Crippen LogP) is 4.34. The third-order valence-corrected chi connectivity index (χ3v) is 3.46. The number of nitrogens with one attached hydrogen (secondary N) is 1. The first-order chi connectivity index (χ1) is 9.10. The minimum atomic E-state index is 0.121. The van der Waals surface area contributed by atoms with E-state index in [1.54, 1.807) is 13.2 Å². The Labute approximate surface area is 121 Å². The van der Waals surface area contributed by atoms with Crippen LogP contribution in [-0.4, -0.2) is 12.2 Å². The Hall–Kier alpha value is -1.68. The van der Waals surface area contributed by atoms with Crippen molar-refractivity contribution >= 4 is 21.6 Å². The highest BCUT2D eigenvalue weighted by molar-refractivity contribution is 9.10. The molecule has 0 heterocycles. The van der Waals surface area contributed by atoms with Gasteiger partial charge < -0.3 is 15.2 Å². The van der Waals surface area contributed by atoms with Crippen LogP contribution in [0.2, 0.25) is 0 Å². The van der Waals surface area contributed by atoms with Crippen molar-refractivity contribution in [2.24, 2.45) is 0 Å². The van der Waals surface area contributed by atoms with Gasteiger partial charge in [0.05, 0.1) is 7.11 Å². The highest BCUT2D eigenvalue weighted by Gasteiger charge is 2.09. The summed E-state index contributed by atoms with van der Waals surface area (Å²) in [5.41, 5.74) is 2.10. The van der Waals surface area contributed by atoms with Crippen molar-refractivity contribution in [1.29, 1.82) is 0 Å². The van der Waals surface area contributed by atoms with Crippen molar-refractivity contribution in [3.63, 3.8) is 0 Å². The van der Waals surface area contributed by atoms with E-state index in [2.05, 4.69) is 28.2 Å². The lowest BCUT2D eigenvalue weighted by Crippen LogP contribution is -2.06. The van der Waals surface area contributed by atoms with E-state index in [1.165, 1.54) is 0 Å².